The van der Waals surface area contributed by atoms with E-state index in [0.29, 0.717) is 19.4 Å². The van der Waals surface area contributed by atoms with Gasteiger partial charge < -0.3 is 20.9 Å². The Morgan fingerprint density at radius 1 is 1.47 bits per heavy atom. The van der Waals surface area contributed by atoms with Crippen molar-refractivity contribution in [3.05, 3.63) is 35.4 Å². The average molecular weight is 262 g/mol. The van der Waals surface area contributed by atoms with E-state index in [4.69, 9.17) is 10.5 Å². The maximum Gasteiger partial charge on any atom is 0.243 e. The van der Waals surface area contributed by atoms with Gasteiger partial charge in [-0.3, -0.25) is 4.79 Å². The van der Waals surface area contributed by atoms with Crippen molar-refractivity contribution in [1.82, 2.24) is 5.32 Å². The maximum atomic E-state index is 12.3. The number of aliphatic hydroxyl groups excluding tert-OH is 1. The monoisotopic (exact) mass is 262 g/mol. The molecule has 5 nitrogen and oxygen atoms in total. The molecule has 0 spiro atoms. The molecule has 2 aliphatic rings. The second-order valence-electron chi connectivity index (χ2n) is 5.38. The highest BCUT2D eigenvalue weighted by Crippen LogP contribution is 2.31. The van der Waals surface area contributed by atoms with Gasteiger partial charge in [0.05, 0.1) is 18.8 Å². The zero-order valence-electron chi connectivity index (χ0n) is 10.6. The minimum Gasteiger partial charge on any atom is -0.390 e. The molecule has 19 heavy (non-hydrogen) atoms. The number of fused-ring (bicyclic) bond motifs is 1. The molecule has 1 fully saturated rings. The summed E-state index contributed by atoms with van der Waals surface area (Å²) in [5.41, 5.74) is 7.12. The van der Waals surface area contributed by atoms with E-state index in [1.165, 1.54) is 0 Å². The predicted molar refractivity (Wildman–Crippen MR) is 69.4 cm³/mol. The number of carbonyl (C=O) groups excluding carboxylic acids is 1. The SMILES string of the molecule is NC1(C(=O)N[C@@H]2c3ccccc3C[C@@H]2O)CCOC1. The Bertz CT molecular complexity index is 497. The molecule has 0 aromatic heterocycles. The second kappa shape index (κ2) is 4.59. The van der Waals surface area contributed by atoms with Gasteiger partial charge in [0.15, 0.2) is 0 Å². The Kier molecular flexibility index (Phi) is 3.05. The number of amides is 1. The van der Waals surface area contributed by atoms with Crippen molar-refractivity contribution in [3.8, 4) is 0 Å². The molecule has 3 atom stereocenters. The van der Waals surface area contributed by atoms with Gasteiger partial charge in [-0.05, 0) is 17.5 Å². The molecule has 1 aromatic carbocycles. The summed E-state index contributed by atoms with van der Waals surface area (Å²) in [5.74, 6) is -0.245. The first-order valence-electron chi connectivity index (χ1n) is 6.54. The van der Waals surface area contributed by atoms with E-state index in [1.54, 1.807) is 0 Å². The van der Waals surface area contributed by atoms with Gasteiger partial charge in [-0.2, -0.15) is 0 Å². The quantitative estimate of drug-likeness (QED) is 0.693. The summed E-state index contributed by atoms with van der Waals surface area (Å²) in [4.78, 5) is 12.3. The third-order valence-electron chi connectivity index (χ3n) is 3.99. The van der Waals surface area contributed by atoms with Crippen LogP contribution in [0.15, 0.2) is 24.3 Å². The molecule has 4 N–H and O–H groups in total. The molecular formula is C14H18N2O3. The Morgan fingerprint density at radius 2 is 2.26 bits per heavy atom. The zero-order valence-corrected chi connectivity index (χ0v) is 10.6. The van der Waals surface area contributed by atoms with Gasteiger partial charge in [0.25, 0.3) is 0 Å². The lowest BCUT2D eigenvalue weighted by molar-refractivity contribution is -0.127. The van der Waals surface area contributed by atoms with Crippen LogP contribution in [0.3, 0.4) is 0 Å². The largest absolute Gasteiger partial charge is 0.390 e. The van der Waals surface area contributed by atoms with Gasteiger partial charge in [-0.1, -0.05) is 24.3 Å². The van der Waals surface area contributed by atoms with Crippen LogP contribution in [0.1, 0.15) is 23.6 Å². The first-order chi connectivity index (χ1) is 9.10. The number of hydrogen-bond acceptors (Lipinski definition) is 4. The first kappa shape index (κ1) is 12.6. The van der Waals surface area contributed by atoms with Crippen molar-refractivity contribution in [2.75, 3.05) is 13.2 Å². The van der Waals surface area contributed by atoms with Crippen LogP contribution < -0.4 is 11.1 Å². The van der Waals surface area contributed by atoms with E-state index >= 15 is 0 Å². The van der Waals surface area contributed by atoms with Gasteiger partial charge in [0.2, 0.25) is 5.91 Å². The Hall–Kier alpha value is -1.43. The van der Waals surface area contributed by atoms with Crippen LogP contribution in [0.2, 0.25) is 0 Å². The van der Waals surface area contributed by atoms with Crippen molar-refractivity contribution in [1.29, 1.82) is 0 Å². The van der Waals surface area contributed by atoms with Crippen molar-refractivity contribution >= 4 is 5.91 Å². The fourth-order valence-corrected chi connectivity index (χ4v) is 2.79. The number of hydrogen-bond donors (Lipinski definition) is 3. The van der Waals surface area contributed by atoms with Crippen LogP contribution in [0.5, 0.6) is 0 Å². The van der Waals surface area contributed by atoms with E-state index in [2.05, 4.69) is 5.32 Å². The third-order valence-corrected chi connectivity index (χ3v) is 3.99. The Balaban J connectivity index is 1.78. The molecule has 102 valence electrons. The molecule has 1 heterocycles. The van der Waals surface area contributed by atoms with Crippen molar-refractivity contribution < 1.29 is 14.6 Å². The number of carbonyl (C=O) groups is 1. The average Bonchev–Trinajstić information content (AvgIpc) is 2.96. The maximum absolute atomic E-state index is 12.3. The van der Waals surface area contributed by atoms with E-state index in [0.717, 1.165) is 11.1 Å². The number of ether oxygens (including phenoxy) is 1. The molecule has 1 unspecified atom stereocenters. The molecule has 1 amide bonds. The highest BCUT2D eigenvalue weighted by atomic mass is 16.5. The molecule has 1 aliphatic carbocycles. The lowest BCUT2D eigenvalue weighted by atomic mass is 9.98. The zero-order chi connectivity index (χ0) is 13.5. The topological polar surface area (TPSA) is 84.6 Å². The number of rotatable bonds is 2. The van der Waals surface area contributed by atoms with E-state index in [9.17, 15) is 9.90 Å². The van der Waals surface area contributed by atoms with Crippen LogP contribution in [-0.2, 0) is 16.0 Å². The second-order valence-corrected chi connectivity index (χ2v) is 5.38. The van der Waals surface area contributed by atoms with Gasteiger partial charge in [0.1, 0.15) is 5.54 Å². The van der Waals surface area contributed by atoms with Crippen molar-refractivity contribution in [2.45, 2.75) is 30.5 Å². The van der Waals surface area contributed by atoms with Gasteiger partial charge in [-0.15, -0.1) is 0 Å². The molecule has 1 saturated heterocycles. The fourth-order valence-electron chi connectivity index (χ4n) is 2.79. The fraction of sp³-hybridized carbons (Fsp3) is 0.500. The predicted octanol–water partition coefficient (Wildman–Crippen LogP) is -0.121. The van der Waals surface area contributed by atoms with E-state index < -0.39 is 11.6 Å². The molecular weight excluding hydrogens is 244 g/mol. The van der Waals surface area contributed by atoms with Crippen molar-refractivity contribution in [2.24, 2.45) is 5.73 Å². The van der Waals surface area contributed by atoms with E-state index in [-0.39, 0.29) is 18.6 Å². The number of nitrogens with one attached hydrogen (secondary N) is 1. The summed E-state index contributed by atoms with van der Waals surface area (Å²) in [5, 5.41) is 13.0. The van der Waals surface area contributed by atoms with E-state index in [1.807, 2.05) is 24.3 Å². The molecule has 5 heteroatoms. The Morgan fingerprint density at radius 3 is 3.00 bits per heavy atom. The van der Waals surface area contributed by atoms with Crippen LogP contribution in [0, 0.1) is 0 Å². The summed E-state index contributed by atoms with van der Waals surface area (Å²) in [6.45, 7) is 0.747. The molecule has 3 rings (SSSR count). The standard InChI is InChI=1S/C14H18N2O3/c15-14(5-6-19-8-14)13(18)16-12-10-4-2-1-3-9(10)7-11(12)17/h1-4,11-12,17H,5-8,15H2,(H,16,18)/t11-,12+,14?/m0/s1. The molecule has 1 aromatic rings. The lowest BCUT2D eigenvalue weighted by Gasteiger charge is -2.25. The minimum absolute atomic E-state index is 0.239. The van der Waals surface area contributed by atoms with Gasteiger partial charge >= 0.3 is 0 Å². The van der Waals surface area contributed by atoms with Crippen LogP contribution >= 0.6 is 0 Å². The number of aliphatic hydroxyl groups is 1. The van der Waals surface area contributed by atoms with Gasteiger partial charge in [-0.25, -0.2) is 0 Å². The summed E-state index contributed by atoms with van der Waals surface area (Å²) in [7, 11) is 0. The molecule has 0 bridgehead atoms. The van der Waals surface area contributed by atoms with Crippen LogP contribution in [0.4, 0.5) is 0 Å². The number of benzene rings is 1. The summed E-state index contributed by atoms with van der Waals surface area (Å²) < 4.78 is 5.19. The third kappa shape index (κ3) is 2.14. The molecule has 0 radical (unpaired) electrons. The van der Waals surface area contributed by atoms with Crippen LogP contribution in [0.25, 0.3) is 0 Å². The van der Waals surface area contributed by atoms with Gasteiger partial charge in [0, 0.05) is 13.0 Å². The smallest absolute Gasteiger partial charge is 0.243 e. The highest BCUT2D eigenvalue weighted by Gasteiger charge is 2.41. The van der Waals surface area contributed by atoms with Crippen LogP contribution in [-0.4, -0.2) is 35.9 Å². The highest BCUT2D eigenvalue weighted by molar-refractivity contribution is 5.87. The molecule has 1 aliphatic heterocycles. The first-order valence-corrected chi connectivity index (χ1v) is 6.54. The minimum atomic E-state index is -0.961. The summed E-state index contributed by atoms with van der Waals surface area (Å²) in [6, 6.07) is 7.38. The lowest BCUT2D eigenvalue weighted by Crippen LogP contribution is -2.55. The Labute approximate surface area is 111 Å². The molecule has 0 saturated carbocycles. The van der Waals surface area contributed by atoms with Crippen molar-refractivity contribution in [3.63, 3.8) is 0 Å². The number of nitrogens with two attached hydrogens (primary N) is 1. The summed E-state index contributed by atoms with van der Waals surface area (Å²) >= 11 is 0. The normalized spacial score (nSPS) is 33.2. The summed E-state index contributed by atoms with van der Waals surface area (Å²) in [6.07, 6.45) is 0.491.